The van der Waals surface area contributed by atoms with Crippen LogP contribution in [0.2, 0.25) is 0 Å². The van der Waals surface area contributed by atoms with Crippen LogP contribution in [-0.2, 0) is 0 Å². The van der Waals surface area contributed by atoms with Crippen LogP contribution in [0.4, 0.5) is 0 Å². The number of pyridine rings is 1. The third-order valence-electron chi connectivity index (χ3n) is 2.82. The molecule has 0 bridgehead atoms. The van der Waals surface area contributed by atoms with Crippen molar-refractivity contribution in [2.75, 3.05) is 0 Å². The standard InChI is InChI=1S/C14H7Br2NO2S/c15-7-1-2-10-8(5-7)9(14(18)19)6-11(17-10)12-3-4-13(16)20-12/h1-6H,(H,18,19)/p-1. The van der Waals surface area contributed by atoms with Gasteiger partial charge in [-0.3, -0.25) is 0 Å². The van der Waals surface area contributed by atoms with E-state index in [4.69, 9.17) is 0 Å². The van der Waals surface area contributed by atoms with Crippen molar-refractivity contribution in [1.82, 2.24) is 4.98 Å². The molecule has 0 aliphatic heterocycles. The Bertz CT molecular complexity index is 829. The Morgan fingerprint density at radius 1 is 1.15 bits per heavy atom. The maximum absolute atomic E-state index is 11.4. The predicted octanol–water partition coefficient (Wildman–Crippen LogP) is 3.85. The molecule has 100 valence electrons. The van der Waals surface area contributed by atoms with Crippen LogP contribution in [0.25, 0.3) is 21.5 Å². The van der Waals surface area contributed by atoms with Crippen LogP contribution in [0.5, 0.6) is 0 Å². The van der Waals surface area contributed by atoms with Gasteiger partial charge in [0.2, 0.25) is 0 Å². The van der Waals surface area contributed by atoms with Crippen LogP contribution in [0.15, 0.2) is 44.7 Å². The SMILES string of the molecule is O=C([O-])c1cc(-c2ccc(Br)s2)nc2ccc(Br)cc12. The van der Waals surface area contributed by atoms with E-state index in [1.165, 1.54) is 11.3 Å². The molecule has 2 heterocycles. The lowest BCUT2D eigenvalue weighted by molar-refractivity contribution is -0.254. The summed E-state index contributed by atoms with van der Waals surface area (Å²) in [5.41, 5.74) is 1.42. The van der Waals surface area contributed by atoms with E-state index in [9.17, 15) is 9.90 Å². The summed E-state index contributed by atoms with van der Waals surface area (Å²) in [6.45, 7) is 0. The van der Waals surface area contributed by atoms with Gasteiger partial charge in [-0.05, 0) is 52.3 Å². The van der Waals surface area contributed by atoms with Crippen molar-refractivity contribution in [3.8, 4) is 10.6 Å². The summed E-state index contributed by atoms with van der Waals surface area (Å²) in [5, 5.41) is 11.9. The number of carbonyl (C=O) groups is 1. The van der Waals surface area contributed by atoms with Gasteiger partial charge in [0.25, 0.3) is 0 Å². The average molecular weight is 412 g/mol. The molecule has 20 heavy (non-hydrogen) atoms. The number of thiophene rings is 1. The van der Waals surface area contributed by atoms with Crippen LogP contribution >= 0.6 is 43.2 Å². The van der Waals surface area contributed by atoms with Crippen LogP contribution in [0, 0.1) is 0 Å². The first kappa shape index (κ1) is 13.7. The van der Waals surface area contributed by atoms with Crippen LogP contribution in [0.3, 0.4) is 0 Å². The van der Waals surface area contributed by atoms with Crippen LogP contribution in [-0.4, -0.2) is 11.0 Å². The number of carboxylic acids is 1. The second-order valence-electron chi connectivity index (χ2n) is 4.11. The number of carbonyl (C=O) groups excluding carboxylic acids is 1. The van der Waals surface area contributed by atoms with E-state index >= 15 is 0 Å². The smallest absolute Gasteiger partial charge is 0.0816 e. The molecule has 0 radical (unpaired) electrons. The van der Waals surface area contributed by atoms with Crippen molar-refractivity contribution < 1.29 is 9.90 Å². The summed E-state index contributed by atoms with van der Waals surface area (Å²) >= 11 is 8.23. The molecular weight excluding hydrogens is 406 g/mol. The molecule has 0 unspecified atom stereocenters. The van der Waals surface area contributed by atoms with Gasteiger partial charge in [0.15, 0.2) is 0 Å². The van der Waals surface area contributed by atoms with Crippen LogP contribution < -0.4 is 5.11 Å². The summed E-state index contributed by atoms with van der Waals surface area (Å²) in [4.78, 5) is 16.8. The second-order valence-corrected chi connectivity index (χ2v) is 7.49. The van der Waals surface area contributed by atoms with Crippen molar-refractivity contribution >= 4 is 60.1 Å². The molecule has 3 aromatic rings. The molecule has 6 heteroatoms. The summed E-state index contributed by atoms with van der Waals surface area (Å²) in [6, 6.07) is 10.7. The Morgan fingerprint density at radius 2 is 1.95 bits per heavy atom. The molecule has 0 N–H and O–H groups in total. The zero-order chi connectivity index (χ0) is 14.3. The fourth-order valence-electron chi connectivity index (χ4n) is 1.95. The van der Waals surface area contributed by atoms with Gasteiger partial charge in [0, 0.05) is 15.4 Å². The summed E-state index contributed by atoms with van der Waals surface area (Å²) in [7, 11) is 0. The minimum absolute atomic E-state index is 0.149. The number of benzene rings is 1. The number of carboxylic acid groups (broad SMARTS) is 1. The first-order valence-electron chi connectivity index (χ1n) is 5.62. The van der Waals surface area contributed by atoms with Gasteiger partial charge in [0.05, 0.1) is 25.8 Å². The Hall–Kier alpha value is -1.24. The summed E-state index contributed by atoms with van der Waals surface area (Å²) in [6.07, 6.45) is 0. The highest BCUT2D eigenvalue weighted by atomic mass is 79.9. The third kappa shape index (κ3) is 2.51. The molecular formula is C14H6Br2NO2S-. The fourth-order valence-corrected chi connectivity index (χ4v) is 3.65. The Morgan fingerprint density at radius 3 is 2.60 bits per heavy atom. The number of fused-ring (bicyclic) bond motifs is 1. The van der Waals surface area contributed by atoms with E-state index in [0.717, 1.165) is 13.1 Å². The minimum atomic E-state index is -1.20. The van der Waals surface area contributed by atoms with Gasteiger partial charge in [0.1, 0.15) is 0 Å². The van der Waals surface area contributed by atoms with E-state index in [1.807, 2.05) is 18.2 Å². The van der Waals surface area contributed by atoms with E-state index in [-0.39, 0.29) is 5.56 Å². The molecule has 1 aromatic carbocycles. The number of rotatable bonds is 2. The molecule has 3 nitrogen and oxygen atoms in total. The second kappa shape index (κ2) is 5.27. The van der Waals surface area contributed by atoms with Crippen molar-refractivity contribution in [3.63, 3.8) is 0 Å². The summed E-state index contributed by atoms with van der Waals surface area (Å²) in [5.74, 6) is -1.20. The number of nitrogens with zero attached hydrogens (tertiary/aromatic N) is 1. The Balaban J connectivity index is 2.31. The zero-order valence-electron chi connectivity index (χ0n) is 9.89. The lowest BCUT2D eigenvalue weighted by atomic mass is 10.1. The predicted molar refractivity (Wildman–Crippen MR) is 84.8 cm³/mol. The lowest BCUT2D eigenvalue weighted by Crippen LogP contribution is -2.22. The highest BCUT2D eigenvalue weighted by Crippen LogP contribution is 2.33. The number of aromatic carboxylic acids is 1. The largest absolute Gasteiger partial charge is 0.545 e. The van der Waals surface area contributed by atoms with Gasteiger partial charge in [-0.2, -0.15) is 0 Å². The van der Waals surface area contributed by atoms with Crippen molar-refractivity contribution in [1.29, 1.82) is 0 Å². The molecule has 3 rings (SSSR count). The molecule has 0 aliphatic rings. The van der Waals surface area contributed by atoms with Gasteiger partial charge >= 0.3 is 0 Å². The first-order valence-corrected chi connectivity index (χ1v) is 8.02. The normalized spacial score (nSPS) is 10.9. The molecule has 0 spiro atoms. The van der Waals surface area contributed by atoms with E-state index in [1.54, 1.807) is 18.2 Å². The third-order valence-corrected chi connectivity index (χ3v) is 4.96. The molecule has 0 amide bonds. The monoisotopic (exact) mass is 410 g/mol. The van der Waals surface area contributed by atoms with Crippen molar-refractivity contribution in [2.45, 2.75) is 0 Å². The van der Waals surface area contributed by atoms with Gasteiger partial charge < -0.3 is 9.90 Å². The highest BCUT2D eigenvalue weighted by molar-refractivity contribution is 9.11. The maximum Gasteiger partial charge on any atom is 0.0816 e. The van der Waals surface area contributed by atoms with E-state index < -0.39 is 5.97 Å². The Labute approximate surface area is 135 Å². The maximum atomic E-state index is 11.4. The highest BCUT2D eigenvalue weighted by Gasteiger charge is 2.10. The molecule has 0 saturated carbocycles. The van der Waals surface area contributed by atoms with Gasteiger partial charge in [-0.25, -0.2) is 4.98 Å². The molecule has 0 aliphatic carbocycles. The average Bonchev–Trinajstić information content (AvgIpc) is 2.84. The number of hydrogen-bond acceptors (Lipinski definition) is 4. The molecule has 0 atom stereocenters. The van der Waals surface area contributed by atoms with Gasteiger partial charge in [-0.15, -0.1) is 11.3 Å². The minimum Gasteiger partial charge on any atom is -0.545 e. The van der Waals surface area contributed by atoms with E-state index in [2.05, 4.69) is 36.8 Å². The van der Waals surface area contributed by atoms with Gasteiger partial charge in [-0.1, -0.05) is 15.9 Å². The number of aromatic nitrogens is 1. The zero-order valence-corrected chi connectivity index (χ0v) is 13.9. The van der Waals surface area contributed by atoms with Crippen molar-refractivity contribution in [3.05, 3.63) is 50.2 Å². The fraction of sp³-hybridized carbons (Fsp3) is 0. The molecule has 0 fully saturated rings. The van der Waals surface area contributed by atoms with E-state index in [0.29, 0.717) is 16.6 Å². The first-order chi connectivity index (χ1) is 9.54. The van der Waals surface area contributed by atoms with Crippen molar-refractivity contribution in [2.24, 2.45) is 0 Å². The molecule has 2 aromatic heterocycles. The lowest BCUT2D eigenvalue weighted by Gasteiger charge is -2.10. The summed E-state index contributed by atoms with van der Waals surface area (Å²) < 4.78 is 1.78. The number of hydrogen-bond donors (Lipinski definition) is 0. The quantitative estimate of drug-likeness (QED) is 0.643. The topological polar surface area (TPSA) is 53.0 Å². The molecule has 0 saturated heterocycles. The Kier molecular flexibility index (Phi) is 3.62. The van der Waals surface area contributed by atoms with Crippen LogP contribution in [0.1, 0.15) is 10.4 Å². The number of halogens is 2.